The van der Waals surface area contributed by atoms with Crippen LogP contribution in [-0.4, -0.2) is 29.8 Å². The van der Waals surface area contributed by atoms with Crippen LogP contribution in [0.5, 0.6) is 11.5 Å². The first-order chi connectivity index (χ1) is 13.1. The van der Waals surface area contributed by atoms with Crippen LogP contribution in [0.25, 0.3) is 5.69 Å². The summed E-state index contributed by atoms with van der Waals surface area (Å²) in [6.45, 7) is 0. The van der Waals surface area contributed by atoms with Crippen LogP contribution >= 0.6 is 0 Å². The summed E-state index contributed by atoms with van der Waals surface area (Å²) in [5.41, 5.74) is 3.15. The summed E-state index contributed by atoms with van der Waals surface area (Å²) in [5.74, 6) is 1.11. The van der Waals surface area contributed by atoms with E-state index in [9.17, 15) is 9.18 Å². The predicted octanol–water partition coefficient (Wildman–Crippen LogP) is 3.94. The van der Waals surface area contributed by atoms with Crippen molar-refractivity contribution in [3.63, 3.8) is 0 Å². The van der Waals surface area contributed by atoms with E-state index in [4.69, 9.17) is 9.47 Å². The summed E-state index contributed by atoms with van der Waals surface area (Å²) in [7, 11) is 3.21. The molecular weight excluding hydrogens is 347 g/mol. The largest absolute Gasteiger partial charge is 0.497 e. The van der Waals surface area contributed by atoms with Crippen LogP contribution in [0.4, 0.5) is 4.39 Å². The fourth-order valence-corrected chi connectivity index (χ4v) is 3.62. The Kier molecular flexibility index (Phi) is 4.39. The van der Waals surface area contributed by atoms with Gasteiger partial charge in [0, 0.05) is 18.4 Å². The lowest BCUT2D eigenvalue weighted by Crippen LogP contribution is -2.20. The molecule has 4 rings (SSSR count). The summed E-state index contributed by atoms with van der Waals surface area (Å²) in [5, 5.41) is 4.37. The number of hydrogen-bond acceptors (Lipinski definition) is 4. The second kappa shape index (κ2) is 6.87. The molecule has 0 fully saturated rings. The smallest absolute Gasteiger partial charge is 0.166 e. The topological polar surface area (TPSA) is 53.3 Å². The highest BCUT2D eigenvalue weighted by atomic mass is 19.1. The summed E-state index contributed by atoms with van der Waals surface area (Å²) in [6, 6.07) is 11.7. The fraction of sp³-hybridized carbons (Fsp3) is 0.238. The first kappa shape index (κ1) is 17.3. The zero-order valence-electron chi connectivity index (χ0n) is 15.1. The molecule has 1 atom stereocenters. The van der Waals surface area contributed by atoms with Gasteiger partial charge in [-0.15, -0.1) is 0 Å². The molecule has 0 amide bonds. The molecule has 0 aliphatic heterocycles. The molecule has 1 aliphatic carbocycles. The third-order valence-electron chi connectivity index (χ3n) is 4.99. The van der Waals surface area contributed by atoms with Gasteiger partial charge in [-0.1, -0.05) is 6.07 Å². The number of benzene rings is 2. The lowest BCUT2D eigenvalue weighted by molar-refractivity contribution is 0.0963. The Hall–Kier alpha value is -3.15. The van der Waals surface area contributed by atoms with E-state index in [-0.39, 0.29) is 17.5 Å². The van der Waals surface area contributed by atoms with Crippen LogP contribution in [0.2, 0.25) is 0 Å². The van der Waals surface area contributed by atoms with Crippen molar-refractivity contribution in [2.45, 2.75) is 18.8 Å². The number of halogens is 1. The van der Waals surface area contributed by atoms with Gasteiger partial charge in [-0.2, -0.15) is 5.10 Å². The molecule has 1 unspecified atom stereocenters. The average molecular weight is 366 g/mol. The summed E-state index contributed by atoms with van der Waals surface area (Å²) in [6.07, 6.45) is 2.63. The van der Waals surface area contributed by atoms with Crippen molar-refractivity contribution in [3.8, 4) is 17.2 Å². The van der Waals surface area contributed by atoms with Gasteiger partial charge in [0.25, 0.3) is 0 Å². The molecule has 1 aromatic heterocycles. The minimum atomic E-state index is -0.309. The Morgan fingerprint density at radius 1 is 1.07 bits per heavy atom. The molecule has 0 N–H and O–H groups in total. The number of aromatic nitrogens is 2. The van der Waals surface area contributed by atoms with E-state index in [1.165, 1.54) is 12.1 Å². The fourth-order valence-electron chi connectivity index (χ4n) is 3.62. The van der Waals surface area contributed by atoms with Crippen LogP contribution in [0.15, 0.2) is 48.7 Å². The van der Waals surface area contributed by atoms with E-state index in [1.807, 2.05) is 18.2 Å². The standard InChI is InChI=1S/C21H19FN2O3/c1-26-16-7-8-17(21(11-16)27-2)13-9-19-18(20(25)10-13)12-23-24(19)15-5-3-14(22)4-6-15/h3-8,11-13H,9-10H2,1-2H3. The number of nitrogens with zero attached hydrogens (tertiary/aromatic N) is 2. The summed E-state index contributed by atoms with van der Waals surface area (Å²) < 4.78 is 25.7. The van der Waals surface area contributed by atoms with Crippen LogP contribution in [0.3, 0.4) is 0 Å². The normalized spacial score (nSPS) is 16.1. The van der Waals surface area contributed by atoms with Crippen LogP contribution < -0.4 is 9.47 Å². The predicted molar refractivity (Wildman–Crippen MR) is 98.5 cm³/mol. The molecule has 0 saturated carbocycles. The van der Waals surface area contributed by atoms with Crippen molar-refractivity contribution in [1.82, 2.24) is 9.78 Å². The highest BCUT2D eigenvalue weighted by Crippen LogP contribution is 2.39. The molecule has 6 heteroatoms. The van der Waals surface area contributed by atoms with E-state index >= 15 is 0 Å². The van der Waals surface area contributed by atoms with Gasteiger partial charge in [-0.3, -0.25) is 4.79 Å². The quantitative estimate of drug-likeness (QED) is 0.702. The maximum absolute atomic E-state index is 13.3. The van der Waals surface area contributed by atoms with Crippen LogP contribution in [0, 0.1) is 5.82 Å². The van der Waals surface area contributed by atoms with Gasteiger partial charge < -0.3 is 9.47 Å². The third kappa shape index (κ3) is 3.07. The molecule has 1 heterocycles. The number of Topliss-reactive ketones (excluding diaryl/α,β-unsaturated/α-hetero) is 1. The lowest BCUT2D eigenvalue weighted by Gasteiger charge is -2.24. The van der Waals surface area contributed by atoms with Gasteiger partial charge in [0.1, 0.15) is 17.3 Å². The first-order valence-corrected chi connectivity index (χ1v) is 8.68. The molecule has 0 radical (unpaired) electrons. The average Bonchev–Trinajstić information content (AvgIpc) is 3.12. The molecule has 3 aromatic rings. The Balaban J connectivity index is 1.74. The van der Waals surface area contributed by atoms with Crippen molar-refractivity contribution >= 4 is 5.78 Å². The molecule has 1 aliphatic rings. The molecular formula is C21H19FN2O3. The van der Waals surface area contributed by atoms with Crippen molar-refractivity contribution in [1.29, 1.82) is 0 Å². The SMILES string of the molecule is COc1ccc(C2CC(=O)c3cnn(-c4ccc(F)cc4)c3C2)c(OC)c1. The van der Waals surface area contributed by atoms with Gasteiger partial charge in [0.15, 0.2) is 5.78 Å². The molecule has 0 spiro atoms. The lowest BCUT2D eigenvalue weighted by atomic mass is 9.82. The second-order valence-electron chi connectivity index (χ2n) is 6.53. The summed E-state index contributed by atoms with van der Waals surface area (Å²) >= 11 is 0. The first-order valence-electron chi connectivity index (χ1n) is 8.68. The van der Waals surface area contributed by atoms with Gasteiger partial charge in [0.05, 0.1) is 37.4 Å². The van der Waals surface area contributed by atoms with Gasteiger partial charge in [0.2, 0.25) is 0 Å². The van der Waals surface area contributed by atoms with E-state index < -0.39 is 0 Å². The van der Waals surface area contributed by atoms with Crippen molar-refractivity contribution in [2.24, 2.45) is 0 Å². The van der Waals surface area contributed by atoms with Crippen LogP contribution in [0.1, 0.15) is 34.0 Å². The zero-order valence-corrected chi connectivity index (χ0v) is 15.1. The van der Waals surface area contributed by atoms with Gasteiger partial charge >= 0.3 is 0 Å². The Morgan fingerprint density at radius 2 is 1.85 bits per heavy atom. The Morgan fingerprint density at radius 3 is 2.56 bits per heavy atom. The summed E-state index contributed by atoms with van der Waals surface area (Å²) in [4.78, 5) is 12.7. The molecule has 0 bridgehead atoms. The van der Waals surface area contributed by atoms with Gasteiger partial charge in [-0.05, 0) is 42.3 Å². The van der Waals surface area contributed by atoms with Crippen LogP contribution in [-0.2, 0) is 6.42 Å². The number of hydrogen-bond donors (Lipinski definition) is 0. The third-order valence-corrected chi connectivity index (χ3v) is 4.99. The number of rotatable bonds is 4. The Bertz CT molecular complexity index is 995. The number of methoxy groups -OCH3 is 2. The van der Waals surface area contributed by atoms with E-state index in [1.54, 1.807) is 37.2 Å². The highest BCUT2D eigenvalue weighted by Gasteiger charge is 2.31. The number of ether oxygens (including phenoxy) is 2. The maximum Gasteiger partial charge on any atom is 0.166 e. The number of fused-ring (bicyclic) bond motifs is 1. The van der Waals surface area contributed by atoms with E-state index in [0.717, 1.165) is 16.9 Å². The minimum Gasteiger partial charge on any atom is -0.497 e. The molecule has 2 aromatic carbocycles. The van der Waals surface area contributed by atoms with E-state index in [0.29, 0.717) is 29.9 Å². The molecule has 0 saturated heterocycles. The molecule has 5 nitrogen and oxygen atoms in total. The molecule has 27 heavy (non-hydrogen) atoms. The number of ketones is 1. The minimum absolute atomic E-state index is 0.0262. The monoisotopic (exact) mass is 366 g/mol. The molecule has 138 valence electrons. The van der Waals surface area contributed by atoms with Crippen molar-refractivity contribution < 1.29 is 18.7 Å². The van der Waals surface area contributed by atoms with Gasteiger partial charge in [-0.25, -0.2) is 9.07 Å². The maximum atomic E-state index is 13.3. The highest BCUT2D eigenvalue weighted by molar-refractivity contribution is 5.98. The number of carbonyl (C=O) groups is 1. The van der Waals surface area contributed by atoms with Crippen molar-refractivity contribution in [2.75, 3.05) is 14.2 Å². The van der Waals surface area contributed by atoms with E-state index in [2.05, 4.69) is 5.10 Å². The Labute approximate surface area is 156 Å². The second-order valence-corrected chi connectivity index (χ2v) is 6.53. The number of carbonyl (C=O) groups excluding carboxylic acids is 1. The van der Waals surface area contributed by atoms with Crippen molar-refractivity contribution in [3.05, 3.63) is 71.3 Å². The zero-order chi connectivity index (χ0) is 19.0.